The van der Waals surface area contributed by atoms with Crippen molar-refractivity contribution >= 4 is 0 Å². The molecule has 0 radical (unpaired) electrons. The van der Waals surface area contributed by atoms with Crippen LogP contribution in [0.3, 0.4) is 0 Å². The third kappa shape index (κ3) is 2.94. The van der Waals surface area contributed by atoms with E-state index in [0.717, 1.165) is 19.4 Å². The average Bonchev–Trinajstić information content (AvgIpc) is 2.18. The molecule has 0 spiro atoms. The SMILES string of the molecule is CC(O)C(C)N1CCCCC1CCO. The highest BCUT2D eigenvalue weighted by Crippen LogP contribution is 2.22. The Balaban J connectivity index is 2.52. The van der Waals surface area contributed by atoms with E-state index in [1.165, 1.54) is 12.8 Å². The van der Waals surface area contributed by atoms with Crippen molar-refractivity contribution in [3.8, 4) is 0 Å². The summed E-state index contributed by atoms with van der Waals surface area (Å²) in [6.07, 6.45) is 4.20. The highest BCUT2D eigenvalue weighted by molar-refractivity contribution is 4.82. The summed E-state index contributed by atoms with van der Waals surface area (Å²) in [5, 5.41) is 18.5. The van der Waals surface area contributed by atoms with Gasteiger partial charge in [0.2, 0.25) is 0 Å². The predicted molar refractivity (Wildman–Crippen MR) is 57.2 cm³/mol. The lowest BCUT2D eigenvalue weighted by molar-refractivity contribution is 0.0169. The van der Waals surface area contributed by atoms with Gasteiger partial charge in [-0.1, -0.05) is 6.42 Å². The number of likely N-dealkylation sites (tertiary alicyclic amines) is 1. The lowest BCUT2D eigenvalue weighted by atomic mass is 9.96. The molecule has 14 heavy (non-hydrogen) atoms. The van der Waals surface area contributed by atoms with E-state index in [0.29, 0.717) is 6.04 Å². The molecule has 1 aliphatic rings. The number of hydrogen-bond acceptors (Lipinski definition) is 3. The van der Waals surface area contributed by atoms with E-state index in [-0.39, 0.29) is 18.8 Å². The van der Waals surface area contributed by atoms with E-state index < -0.39 is 0 Å². The molecule has 3 atom stereocenters. The third-order valence-electron chi connectivity index (χ3n) is 3.36. The molecule has 0 bridgehead atoms. The molecule has 1 fully saturated rings. The number of hydrogen-bond donors (Lipinski definition) is 2. The van der Waals surface area contributed by atoms with Crippen LogP contribution in [-0.2, 0) is 0 Å². The predicted octanol–water partition coefficient (Wildman–Crippen LogP) is 0.993. The van der Waals surface area contributed by atoms with Gasteiger partial charge in [0, 0.05) is 18.7 Å². The van der Waals surface area contributed by atoms with Crippen LogP contribution < -0.4 is 0 Å². The molecule has 3 unspecified atom stereocenters. The Hall–Kier alpha value is -0.120. The van der Waals surface area contributed by atoms with Gasteiger partial charge in [-0.15, -0.1) is 0 Å². The Bertz CT molecular complexity index is 159. The lowest BCUT2D eigenvalue weighted by Crippen LogP contribution is -2.49. The molecule has 0 saturated carbocycles. The summed E-state index contributed by atoms with van der Waals surface area (Å²) in [6.45, 7) is 5.24. The molecule has 0 aromatic carbocycles. The second kappa shape index (κ2) is 5.69. The van der Waals surface area contributed by atoms with Gasteiger partial charge in [-0.05, 0) is 39.7 Å². The second-order valence-corrected chi connectivity index (χ2v) is 4.38. The number of rotatable bonds is 4. The van der Waals surface area contributed by atoms with Crippen LogP contribution in [-0.4, -0.2) is 46.5 Å². The third-order valence-corrected chi connectivity index (χ3v) is 3.36. The fourth-order valence-corrected chi connectivity index (χ4v) is 2.30. The van der Waals surface area contributed by atoms with E-state index in [4.69, 9.17) is 5.11 Å². The first-order valence-electron chi connectivity index (χ1n) is 5.71. The fourth-order valence-electron chi connectivity index (χ4n) is 2.30. The molecule has 0 aliphatic carbocycles. The van der Waals surface area contributed by atoms with E-state index >= 15 is 0 Å². The van der Waals surface area contributed by atoms with E-state index in [1.54, 1.807) is 0 Å². The van der Waals surface area contributed by atoms with Crippen molar-refractivity contribution in [1.82, 2.24) is 4.90 Å². The van der Waals surface area contributed by atoms with Gasteiger partial charge in [0.25, 0.3) is 0 Å². The normalized spacial score (nSPS) is 28.7. The van der Waals surface area contributed by atoms with Gasteiger partial charge < -0.3 is 10.2 Å². The number of nitrogens with zero attached hydrogens (tertiary/aromatic N) is 1. The van der Waals surface area contributed by atoms with Gasteiger partial charge in [-0.2, -0.15) is 0 Å². The van der Waals surface area contributed by atoms with Gasteiger partial charge in [0.15, 0.2) is 0 Å². The lowest BCUT2D eigenvalue weighted by Gasteiger charge is -2.40. The first kappa shape index (κ1) is 12.0. The molecule has 1 saturated heterocycles. The minimum absolute atomic E-state index is 0.215. The van der Waals surface area contributed by atoms with E-state index in [2.05, 4.69) is 11.8 Å². The molecule has 0 aromatic heterocycles. The molecular weight excluding hydrogens is 178 g/mol. The summed E-state index contributed by atoms with van der Waals surface area (Å²) in [7, 11) is 0. The highest BCUT2D eigenvalue weighted by Gasteiger charge is 2.27. The van der Waals surface area contributed by atoms with Crippen molar-refractivity contribution in [3.05, 3.63) is 0 Å². The zero-order valence-electron chi connectivity index (χ0n) is 9.32. The van der Waals surface area contributed by atoms with Crippen molar-refractivity contribution in [2.24, 2.45) is 0 Å². The quantitative estimate of drug-likeness (QED) is 0.713. The minimum atomic E-state index is -0.283. The first-order chi connectivity index (χ1) is 6.66. The molecule has 1 heterocycles. The van der Waals surface area contributed by atoms with Gasteiger partial charge >= 0.3 is 0 Å². The Morgan fingerprint density at radius 3 is 2.64 bits per heavy atom. The second-order valence-electron chi connectivity index (χ2n) is 4.38. The van der Waals surface area contributed by atoms with Crippen LogP contribution in [0.2, 0.25) is 0 Å². The largest absolute Gasteiger partial charge is 0.396 e. The summed E-state index contributed by atoms with van der Waals surface area (Å²) in [5.74, 6) is 0. The Labute approximate surface area is 86.7 Å². The van der Waals surface area contributed by atoms with Crippen LogP contribution in [0.25, 0.3) is 0 Å². The number of aliphatic hydroxyl groups excluding tert-OH is 2. The number of aliphatic hydroxyl groups is 2. The van der Waals surface area contributed by atoms with Gasteiger partial charge in [-0.25, -0.2) is 0 Å². The summed E-state index contributed by atoms with van der Waals surface area (Å²) in [5.41, 5.74) is 0. The van der Waals surface area contributed by atoms with Crippen molar-refractivity contribution in [3.63, 3.8) is 0 Å². The maximum atomic E-state index is 9.55. The van der Waals surface area contributed by atoms with Crippen molar-refractivity contribution in [1.29, 1.82) is 0 Å². The van der Waals surface area contributed by atoms with Crippen LogP contribution >= 0.6 is 0 Å². The first-order valence-corrected chi connectivity index (χ1v) is 5.71. The van der Waals surface area contributed by atoms with Crippen molar-refractivity contribution in [2.75, 3.05) is 13.2 Å². The average molecular weight is 201 g/mol. The smallest absolute Gasteiger partial charge is 0.0664 e. The fraction of sp³-hybridized carbons (Fsp3) is 1.00. The number of piperidine rings is 1. The maximum Gasteiger partial charge on any atom is 0.0664 e. The van der Waals surface area contributed by atoms with Crippen molar-refractivity contribution in [2.45, 2.75) is 57.7 Å². The zero-order chi connectivity index (χ0) is 10.6. The van der Waals surface area contributed by atoms with Crippen LogP contribution in [0.1, 0.15) is 39.5 Å². The molecule has 0 aromatic rings. The highest BCUT2D eigenvalue weighted by atomic mass is 16.3. The Morgan fingerprint density at radius 1 is 1.36 bits per heavy atom. The van der Waals surface area contributed by atoms with Gasteiger partial charge in [0.05, 0.1) is 6.10 Å². The topological polar surface area (TPSA) is 43.7 Å². The van der Waals surface area contributed by atoms with Crippen molar-refractivity contribution < 1.29 is 10.2 Å². The van der Waals surface area contributed by atoms with Crippen LogP contribution in [0, 0.1) is 0 Å². The Morgan fingerprint density at radius 2 is 2.07 bits per heavy atom. The van der Waals surface area contributed by atoms with Crippen LogP contribution in [0.15, 0.2) is 0 Å². The van der Waals surface area contributed by atoms with Gasteiger partial charge in [0.1, 0.15) is 0 Å². The molecule has 1 aliphatic heterocycles. The van der Waals surface area contributed by atoms with E-state index in [9.17, 15) is 5.11 Å². The van der Waals surface area contributed by atoms with Gasteiger partial charge in [-0.3, -0.25) is 4.90 Å². The molecule has 0 amide bonds. The molecule has 3 heteroatoms. The summed E-state index contributed by atoms with van der Waals surface area (Å²) in [6, 6.07) is 0.685. The molecular formula is C11H23NO2. The molecule has 2 N–H and O–H groups in total. The summed E-state index contributed by atoms with van der Waals surface area (Å²) < 4.78 is 0. The van der Waals surface area contributed by atoms with Crippen LogP contribution in [0.4, 0.5) is 0 Å². The zero-order valence-corrected chi connectivity index (χ0v) is 9.32. The molecule has 1 rings (SSSR count). The van der Waals surface area contributed by atoms with Crippen LogP contribution in [0.5, 0.6) is 0 Å². The molecule has 3 nitrogen and oxygen atoms in total. The molecule has 84 valence electrons. The maximum absolute atomic E-state index is 9.55. The Kier molecular flexibility index (Phi) is 4.85. The summed E-state index contributed by atoms with van der Waals surface area (Å²) >= 11 is 0. The minimum Gasteiger partial charge on any atom is -0.396 e. The monoisotopic (exact) mass is 201 g/mol. The van der Waals surface area contributed by atoms with E-state index in [1.807, 2.05) is 6.92 Å². The summed E-state index contributed by atoms with van der Waals surface area (Å²) in [4.78, 5) is 2.35. The standard InChI is InChI=1S/C11H23NO2/c1-9(10(2)14)12-7-4-3-5-11(12)6-8-13/h9-11,13-14H,3-8H2,1-2H3.